The van der Waals surface area contributed by atoms with E-state index in [4.69, 9.17) is 5.73 Å². The number of hydrogen-bond donors (Lipinski definition) is 2. The first-order valence-electron chi connectivity index (χ1n) is 5.61. The molecule has 0 aliphatic heterocycles. The van der Waals surface area contributed by atoms with Crippen molar-refractivity contribution in [3.63, 3.8) is 0 Å². The Kier molecular flexibility index (Phi) is 4.87. The van der Waals surface area contributed by atoms with Crippen molar-refractivity contribution in [2.24, 2.45) is 12.8 Å². The summed E-state index contributed by atoms with van der Waals surface area (Å²) in [5.41, 5.74) is 5.05. The van der Waals surface area contributed by atoms with Crippen LogP contribution in [0, 0.1) is 0 Å². The third-order valence-electron chi connectivity index (χ3n) is 3.09. The number of sulfonamides is 1. The van der Waals surface area contributed by atoms with Crippen LogP contribution in [0.15, 0.2) is 9.63 Å². The lowest BCUT2D eigenvalue weighted by Crippen LogP contribution is -2.53. The molecule has 3 N–H and O–H groups in total. The minimum absolute atomic E-state index is 0.00206. The van der Waals surface area contributed by atoms with E-state index in [0.717, 1.165) is 0 Å². The van der Waals surface area contributed by atoms with E-state index < -0.39 is 15.6 Å². The Balaban J connectivity index is 3.17. The molecule has 0 aliphatic rings. The standard InChI is InChI=1S/C9H18BrN5O2S/c1-4-9(5-2,6-11)13-18(16,17)8-7(10)12-14-15(8)3/h13H,4-6,11H2,1-3H3. The zero-order chi connectivity index (χ0) is 14.0. The highest BCUT2D eigenvalue weighted by molar-refractivity contribution is 9.10. The van der Waals surface area contributed by atoms with E-state index in [2.05, 4.69) is 31.0 Å². The Morgan fingerprint density at radius 1 is 1.44 bits per heavy atom. The number of hydrogen-bond acceptors (Lipinski definition) is 5. The highest BCUT2D eigenvalue weighted by atomic mass is 79.9. The number of rotatable bonds is 6. The highest BCUT2D eigenvalue weighted by Gasteiger charge is 2.34. The van der Waals surface area contributed by atoms with Gasteiger partial charge in [-0.2, -0.15) is 0 Å². The van der Waals surface area contributed by atoms with Gasteiger partial charge < -0.3 is 5.73 Å². The summed E-state index contributed by atoms with van der Waals surface area (Å²) in [6.45, 7) is 4.03. The lowest BCUT2D eigenvalue weighted by molar-refractivity contribution is 0.361. The lowest BCUT2D eigenvalue weighted by Gasteiger charge is -2.30. The monoisotopic (exact) mass is 339 g/mol. The van der Waals surface area contributed by atoms with Crippen LogP contribution in [0.4, 0.5) is 0 Å². The molecule has 1 aromatic heterocycles. The smallest absolute Gasteiger partial charge is 0.261 e. The molecule has 9 heteroatoms. The molecular formula is C9H18BrN5O2S. The summed E-state index contributed by atoms with van der Waals surface area (Å²) in [7, 11) is -2.19. The molecule has 0 aromatic carbocycles. The fourth-order valence-electron chi connectivity index (χ4n) is 1.67. The minimum Gasteiger partial charge on any atom is -0.329 e. The van der Waals surface area contributed by atoms with E-state index in [9.17, 15) is 8.42 Å². The second kappa shape index (κ2) is 5.64. The van der Waals surface area contributed by atoms with E-state index in [0.29, 0.717) is 12.8 Å². The van der Waals surface area contributed by atoms with Gasteiger partial charge in [-0.15, -0.1) is 5.10 Å². The van der Waals surface area contributed by atoms with Crippen LogP contribution in [0.5, 0.6) is 0 Å². The molecule has 0 radical (unpaired) electrons. The van der Waals surface area contributed by atoms with Gasteiger partial charge in [-0.3, -0.25) is 0 Å². The van der Waals surface area contributed by atoms with Crippen LogP contribution in [0.2, 0.25) is 0 Å². The fourth-order valence-corrected chi connectivity index (χ4v) is 4.32. The van der Waals surface area contributed by atoms with E-state index in [-0.39, 0.29) is 16.2 Å². The van der Waals surface area contributed by atoms with E-state index in [1.165, 1.54) is 11.7 Å². The molecule has 7 nitrogen and oxygen atoms in total. The molecule has 0 aliphatic carbocycles. The number of nitrogens with two attached hydrogens (primary N) is 1. The number of aryl methyl sites for hydroxylation is 1. The van der Waals surface area contributed by atoms with Crippen molar-refractivity contribution in [2.75, 3.05) is 6.54 Å². The molecule has 0 amide bonds. The number of halogens is 1. The van der Waals surface area contributed by atoms with Gasteiger partial charge in [0.1, 0.15) is 0 Å². The normalized spacial score (nSPS) is 12.9. The number of nitrogens with zero attached hydrogens (tertiary/aromatic N) is 3. The number of aromatic nitrogens is 3. The van der Waals surface area contributed by atoms with Crippen LogP contribution in [-0.2, 0) is 17.1 Å². The minimum atomic E-state index is -3.71. The van der Waals surface area contributed by atoms with Gasteiger partial charge in [0.25, 0.3) is 10.0 Å². The van der Waals surface area contributed by atoms with Crippen LogP contribution >= 0.6 is 15.9 Å². The van der Waals surface area contributed by atoms with Crippen molar-refractivity contribution in [1.29, 1.82) is 0 Å². The quantitative estimate of drug-likeness (QED) is 0.779. The maximum absolute atomic E-state index is 12.3. The van der Waals surface area contributed by atoms with Crippen molar-refractivity contribution < 1.29 is 8.42 Å². The average molecular weight is 340 g/mol. The van der Waals surface area contributed by atoms with E-state index in [1.54, 1.807) is 0 Å². The van der Waals surface area contributed by atoms with Crippen LogP contribution in [0.25, 0.3) is 0 Å². The fraction of sp³-hybridized carbons (Fsp3) is 0.778. The van der Waals surface area contributed by atoms with Gasteiger partial charge in [-0.25, -0.2) is 17.8 Å². The Morgan fingerprint density at radius 2 is 2.00 bits per heavy atom. The largest absolute Gasteiger partial charge is 0.329 e. The lowest BCUT2D eigenvalue weighted by atomic mass is 9.95. The van der Waals surface area contributed by atoms with Gasteiger partial charge in [-0.05, 0) is 28.8 Å². The van der Waals surface area contributed by atoms with Gasteiger partial charge in [0.2, 0.25) is 5.03 Å². The number of nitrogens with one attached hydrogen (secondary N) is 1. The second-order valence-electron chi connectivity index (χ2n) is 4.11. The highest BCUT2D eigenvalue weighted by Crippen LogP contribution is 2.22. The Bertz CT molecular complexity index is 481. The molecule has 18 heavy (non-hydrogen) atoms. The third kappa shape index (κ3) is 2.90. The molecule has 0 saturated heterocycles. The maximum Gasteiger partial charge on any atom is 0.261 e. The zero-order valence-electron chi connectivity index (χ0n) is 10.6. The summed E-state index contributed by atoms with van der Waals surface area (Å²) in [6, 6.07) is 0. The Hall–Kier alpha value is -0.510. The van der Waals surface area contributed by atoms with Crippen LogP contribution in [-0.4, -0.2) is 35.5 Å². The van der Waals surface area contributed by atoms with E-state index >= 15 is 0 Å². The van der Waals surface area contributed by atoms with E-state index in [1.807, 2.05) is 13.8 Å². The molecule has 1 rings (SSSR count). The molecule has 1 aromatic rings. The first-order chi connectivity index (χ1) is 8.32. The predicted octanol–water partition coefficient (Wildman–Crippen LogP) is 0.373. The molecule has 0 spiro atoms. The van der Waals surface area contributed by atoms with Crippen molar-refractivity contribution in [2.45, 2.75) is 37.3 Å². The van der Waals surface area contributed by atoms with Crippen LogP contribution in [0.3, 0.4) is 0 Å². The van der Waals surface area contributed by atoms with Crippen molar-refractivity contribution >= 4 is 26.0 Å². The zero-order valence-corrected chi connectivity index (χ0v) is 13.0. The predicted molar refractivity (Wildman–Crippen MR) is 71.4 cm³/mol. The molecular weight excluding hydrogens is 322 g/mol. The SMILES string of the molecule is CCC(CC)(CN)NS(=O)(=O)c1c(Br)nnn1C. The second-order valence-corrected chi connectivity index (χ2v) is 6.45. The van der Waals surface area contributed by atoms with Crippen molar-refractivity contribution in [3.8, 4) is 0 Å². The maximum atomic E-state index is 12.3. The molecule has 0 atom stereocenters. The third-order valence-corrected chi connectivity index (χ3v) is 5.55. The summed E-state index contributed by atoms with van der Waals surface area (Å²) >= 11 is 3.08. The van der Waals surface area contributed by atoms with Gasteiger partial charge >= 0.3 is 0 Å². The molecule has 0 unspecified atom stereocenters. The first kappa shape index (κ1) is 15.5. The summed E-state index contributed by atoms with van der Waals surface area (Å²) < 4.78 is 28.7. The van der Waals surface area contributed by atoms with Crippen molar-refractivity contribution in [1.82, 2.24) is 19.7 Å². The van der Waals surface area contributed by atoms with Gasteiger partial charge in [0, 0.05) is 19.1 Å². The summed E-state index contributed by atoms with van der Waals surface area (Å²) in [6.07, 6.45) is 1.23. The van der Waals surface area contributed by atoms with Gasteiger partial charge in [0.15, 0.2) is 4.60 Å². The molecule has 0 fully saturated rings. The average Bonchev–Trinajstić information content (AvgIpc) is 2.67. The van der Waals surface area contributed by atoms with Crippen LogP contribution in [0.1, 0.15) is 26.7 Å². The first-order valence-corrected chi connectivity index (χ1v) is 7.88. The Labute approximate surface area is 115 Å². The van der Waals surface area contributed by atoms with Crippen molar-refractivity contribution in [3.05, 3.63) is 4.60 Å². The molecule has 1 heterocycles. The van der Waals surface area contributed by atoms with Gasteiger partial charge in [0.05, 0.1) is 0 Å². The molecule has 0 saturated carbocycles. The van der Waals surface area contributed by atoms with Crippen LogP contribution < -0.4 is 10.5 Å². The molecule has 0 bridgehead atoms. The van der Waals surface area contributed by atoms with Gasteiger partial charge in [-0.1, -0.05) is 19.1 Å². The Morgan fingerprint density at radius 3 is 2.33 bits per heavy atom. The summed E-state index contributed by atoms with van der Waals surface area (Å²) in [5, 5.41) is 7.33. The molecule has 104 valence electrons. The topological polar surface area (TPSA) is 103 Å². The summed E-state index contributed by atoms with van der Waals surface area (Å²) in [5.74, 6) is 0. The summed E-state index contributed by atoms with van der Waals surface area (Å²) in [4.78, 5) is 0.